The van der Waals surface area contributed by atoms with E-state index in [4.69, 9.17) is 0 Å². The Hall–Kier alpha value is -1.54. The molecule has 0 radical (unpaired) electrons. The Morgan fingerprint density at radius 1 is 1.45 bits per heavy atom. The van der Waals surface area contributed by atoms with E-state index in [1.54, 1.807) is 5.56 Å². The Bertz CT molecular complexity index is 667. The number of hydrogen-bond donors (Lipinski definition) is 1. The fraction of sp³-hybridized carbons (Fsp3) is 0.444. The number of hydrogen-bond acceptors (Lipinski definition) is 1. The monoisotopic (exact) mass is 266 g/mol. The van der Waals surface area contributed by atoms with Gasteiger partial charge in [0.1, 0.15) is 0 Å². The lowest BCUT2D eigenvalue weighted by Gasteiger charge is -2.39. The normalized spacial score (nSPS) is 28.4. The molecule has 1 aromatic carbocycles. The number of allylic oxidation sites excluding steroid dienone is 1. The first-order valence-electron chi connectivity index (χ1n) is 7.73. The van der Waals surface area contributed by atoms with Crippen molar-refractivity contribution in [2.24, 2.45) is 5.92 Å². The summed E-state index contributed by atoms with van der Waals surface area (Å²) in [7, 11) is 0. The van der Waals surface area contributed by atoms with Gasteiger partial charge in [0.2, 0.25) is 0 Å². The molecular formula is C18H22N2. The maximum atomic E-state index is 3.88. The van der Waals surface area contributed by atoms with Gasteiger partial charge in [-0.25, -0.2) is 0 Å². The summed E-state index contributed by atoms with van der Waals surface area (Å²) < 4.78 is 2.35. The van der Waals surface area contributed by atoms with E-state index in [2.05, 4.69) is 47.8 Å². The number of piperidine rings is 1. The number of aromatic nitrogens is 1. The van der Waals surface area contributed by atoms with Crippen LogP contribution in [0.3, 0.4) is 0 Å². The van der Waals surface area contributed by atoms with Gasteiger partial charge in [-0.3, -0.25) is 0 Å². The molecule has 1 unspecified atom stereocenters. The Balaban J connectivity index is 1.90. The van der Waals surface area contributed by atoms with Crippen molar-refractivity contribution in [1.29, 1.82) is 0 Å². The van der Waals surface area contributed by atoms with Gasteiger partial charge in [-0.05, 0) is 42.5 Å². The van der Waals surface area contributed by atoms with Gasteiger partial charge in [0.15, 0.2) is 0 Å². The molecule has 2 nitrogen and oxygen atoms in total. The number of nitrogens with one attached hydrogen (secondary N) is 1. The zero-order chi connectivity index (χ0) is 13.7. The maximum absolute atomic E-state index is 3.88. The molecule has 1 saturated heterocycles. The predicted octanol–water partition coefficient (Wildman–Crippen LogP) is 3.47. The van der Waals surface area contributed by atoms with Crippen LogP contribution in [-0.2, 0) is 13.0 Å². The van der Waals surface area contributed by atoms with Crippen molar-refractivity contribution in [2.75, 3.05) is 6.54 Å². The smallest absolute Gasteiger partial charge is 0.0489 e. The van der Waals surface area contributed by atoms with Gasteiger partial charge >= 0.3 is 0 Å². The van der Waals surface area contributed by atoms with Crippen molar-refractivity contribution in [3.63, 3.8) is 0 Å². The number of benzene rings is 1. The van der Waals surface area contributed by atoms with Crippen LogP contribution in [0.1, 0.15) is 30.4 Å². The van der Waals surface area contributed by atoms with Crippen LogP contribution in [0, 0.1) is 5.92 Å². The average Bonchev–Trinajstić information content (AvgIpc) is 2.80. The van der Waals surface area contributed by atoms with Crippen LogP contribution in [0.25, 0.3) is 10.9 Å². The fourth-order valence-corrected chi connectivity index (χ4v) is 4.19. The molecule has 0 saturated carbocycles. The highest BCUT2D eigenvalue weighted by Gasteiger charge is 2.35. The van der Waals surface area contributed by atoms with E-state index in [0.29, 0.717) is 12.0 Å². The lowest BCUT2D eigenvalue weighted by Crippen LogP contribution is -2.46. The molecule has 0 amide bonds. The molecule has 104 valence electrons. The molecule has 0 spiro atoms. The summed E-state index contributed by atoms with van der Waals surface area (Å²) in [4.78, 5) is 0. The lowest BCUT2D eigenvalue weighted by molar-refractivity contribution is 0.282. The molecule has 1 fully saturated rings. The second-order valence-electron chi connectivity index (χ2n) is 6.50. The summed E-state index contributed by atoms with van der Waals surface area (Å²) >= 11 is 0. The molecule has 2 aliphatic rings. The zero-order valence-electron chi connectivity index (χ0n) is 12.1. The molecule has 1 aromatic heterocycles. The first kappa shape index (κ1) is 12.2. The van der Waals surface area contributed by atoms with Crippen molar-refractivity contribution < 1.29 is 0 Å². The quantitative estimate of drug-likeness (QED) is 0.824. The molecule has 2 heterocycles. The third-order valence-corrected chi connectivity index (χ3v) is 5.05. The van der Waals surface area contributed by atoms with E-state index in [-0.39, 0.29) is 0 Å². The highest BCUT2D eigenvalue weighted by Crippen LogP contribution is 2.42. The van der Waals surface area contributed by atoms with Gasteiger partial charge in [-0.1, -0.05) is 25.1 Å². The van der Waals surface area contributed by atoms with Crippen molar-refractivity contribution in [2.45, 2.75) is 38.3 Å². The minimum Gasteiger partial charge on any atom is -0.343 e. The van der Waals surface area contributed by atoms with Crippen LogP contribution in [0.5, 0.6) is 0 Å². The van der Waals surface area contributed by atoms with Gasteiger partial charge < -0.3 is 9.88 Å². The molecule has 20 heavy (non-hydrogen) atoms. The summed E-state index contributed by atoms with van der Waals surface area (Å²) in [6.45, 7) is 8.32. The number of fused-ring (bicyclic) bond motifs is 2. The summed E-state index contributed by atoms with van der Waals surface area (Å²) in [5.74, 6) is 1.47. The van der Waals surface area contributed by atoms with Crippen LogP contribution in [0.2, 0.25) is 0 Å². The first-order chi connectivity index (χ1) is 9.78. The summed E-state index contributed by atoms with van der Waals surface area (Å²) in [6.07, 6.45) is 6.82. The largest absolute Gasteiger partial charge is 0.343 e. The van der Waals surface area contributed by atoms with Gasteiger partial charge in [-0.15, -0.1) is 6.58 Å². The molecule has 1 N–H and O–H groups in total. The van der Waals surface area contributed by atoms with Crippen molar-refractivity contribution >= 4 is 10.9 Å². The zero-order valence-corrected chi connectivity index (χ0v) is 12.1. The third kappa shape index (κ3) is 1.68. The minimum absolute atomic E-state index is 0.629. The van der Waals surface area contributed by atoms with Crippen LogP contribution < -0.4 is 5.32 Å². The van der Waals surface area contributed by atoms with E-state index in [1.807, 2.05) is 6.08 Å². The third-order valence-electron chi connectivity index (χ3n) is 5.05. The fourth-order valence-electron chi connectivity index (χ4n) is 4.19. The van der Waals surface area contributed by atoms with Gasteiger partial charge in [0.05, 0.1) is 0 Å². The molecular weight excluding hydrogens is 244 g/mol. The van der Waals surface area contributed by atoms with E-state index < -0.39 is 0 Å². The lowest BCUT2D eigenvalue weighted by atomic mass is 9.74. The maximum Gasteiger partial charge on any atom is 0.0489 e. The van der Waals surface area contributed by atoms with Gasteiger partial charge in [-0.2, -0.15) is 0 Å². The van der Waals surface area contributed by atoms with Crippen LogP contribution in [-0.4, -0.2) is 17.2 Å². The molecule has 4 rings (SSSR count). The molecule has 1 aliphatic carbocycles. The highest BCUT2D eigenvalue weighted by molar-refractivity contribution is 5.89. The van der Waals surface area contributed by atoms with Crippen LogP contribution in [0.15, 0.2) is 37.1 Å². The molecule has 2 aromatic rings. The Labute approximate surface area is 120 Å². The first-order valence-corrected chi connectivity index (χ1v) is 7.73. The Morgan fingerprint density at radius 3 is 3.20 bits per heavy atom. The summed E-state index contributed by atoms with van der Waals surface area (Å²) in [5, 5.41) is 5.29. The second kappa shape index (κ2) is 4.49. The van der Waals surface area contributed by atoms with E-state index in [0.717, 1.165) is 12.5 Å². The van der Waals surface area contributed by atoms with Crippen LogP contribution in [0.4, 0.5) is 0 Å². The number of nitrogens with zero attached hydrogens (tertiary/aromatic N) is 1. The SMILES string of the molecule is C=CCn1cc2c3c(cccc31)C1C[C@@H](C)CN[C@@H]1C2. The van der Waals surface area contributed by atoms with Gasteiger partial charge in [0, 0.05) is 35.6 Å². The molecule has 2 heteroatoms. The minimum atomic E-state index is 0.629. The van der Waals surface area contributed by atoms with Gasteiger partial charge in [0.25, 0.3) is 0 Å². The van der Waals surface area contributed by atoms with E-state index in [9.17, 15) is 0 Å². The average molecular weight is 266 g/mol. The Morgan fingerprint density at radius 2 is 2.35 bits per heavy atom. The van der Waals surface area contributed by atoms with Crippen molar-refractivity contribution in [3.8, 4) is 0 Å². The highest BCUT2D eigenvalue weighted by atomic mass is 15.0. The Kier molecular flexibility index (Phi) is 2.74. The predicted molar refractivity (Wildman–Crippen MR) is 84.2 cm³/mol. The topological polar surface area (TPSA) is 17.0 Å². The van der Waals surface area contributed by atoms with Crippen molar-refractivity contribution in [3.05, 3.63) is 48.2 Å². The standard InChI is InChI=1S/C18H22N2/c1-3-7-20-11-13-9-16-15(8-12(2)10-19-16)14-5-4-6-17(20)18(13)14/h3-6,11-12,15-16,19H,1,7-10H2,2H3/t12-,15?,16-/m1/s1. The summed E-state index contributed by atoms with van der Waals surface area (Å²) in [5.41, 5.74) is 4.46. The second-order valence-corrected chi connectivity index (χ2v) is 6.50. The van der Waals surface area contributed by atoms with Crippen LogP contribution >= 0.6 is 0 Å². The van der Waals surface area contributed by atoms with Crippen molar-refractivity contribution in [1.82, 2.24) is 9.88 Å². The van der Waals surface area contributed by atoms with E-state index >= 15 is 0 Å². The summed E-state index contributed by atoms with van der Waals surface area (Å²) in [6, 6.07) is 7.46. The number of rotatable bonds is 2. The molecule has 3 atom stereocenters. The van der Waals surface area contributed by atoms with E-state index in [1.165, 1.54) is 35.9 Å². The molecule has 1 aliphatic heterocycles. The molecule has 0 bridgehead atoms.